The van der Waals surface area contributed by atoms with Crippen molar-refractivity contribution in [1.82, 2.24) is 0 Å². The quantitative estimate of drug-likeness (QED) is 0.148. The van der Waals surface area contributed by atoms with E-state index in [0.717, 1.165) is 44.9 Å². The summed E-state index contributed by atoms with van der Waals surface area (Å²) in [4.78, 5) is 0. The number of ether oxygens (including phenoxy) is 3. The normalized spacial score (nSPS) is 33.2. The molecule has 3 aromatic rings. The number of hydrogen-bond acceptors (Lipinski definition) is 4. The summed E-state index contributed by atoms with van der Waals surface area (Å²) in [6, 6.07) is 32.3. The minimum atomic E-state index is -0.374. The molecule has 0 radical (unpaired) electrons. The zero-order valence-electron chi connectivity index (χ0n) is 34.8. The molecule has 0 spiro atoms. The van der Waals surface area contributed by atoms with Crippen molar-refractivity contribution in [1.29, 1.82) is 0 Å². The van der Waals surface area contributed by atoms with Crippen LogP contribution in [0.25, 0.3) is 0 Å². The van der Waals surface area contributed by atoms with Crippen LogP contribution in [-0.2, 0) is 34.0 Å². The van der Waals surface area contributed by atoms with E-state index >= 15 is 0 Å². The van der Waals surface area contributed by atoms with Crippen molar-refractivity contribution in [2.75, 3.05) is 0 Å². The van der Waals surface area contributed by atoms with Gasteiger partial charge in [-0.2, -0.15) is 0 Å². The first-order valence-electron chi connectivity index (χ1n) is 22.0. The van der Waals surface area contributed by atoms with Gasteiger partial charge < -0.3 is 19.3 Å². The molecule has 7 rings (SSSR count). The first-order chi connectivity index (χ1) is 26.6. The van der Waals surface area contributed by atoms with E-state index in [-0.39, 0.29) is 46.6 Å². The fourth-order valence-corrected chi connectivity index (χ4v) is 12.4. The van der Waals surface area contributed by atoms with Gasteiger partial charge in [-0.25, -0.2) is 0 Å². The van der Waals surface area contributed by atoms with Crippen molar-refractivity contribution in [3.05, 3.63) is 119 Å². The third kappa shape index (κ3) is 7.92. The summed E-state index contributed by atoms with van der Waals surface area (Å²) in [7, 11) is 0. The molecule has 11 atom stereocenters. The SMILES string of the molecule is CCCC(CC(O)C(C)C1=CCC2C3[C@@H](OCc4ccccc4)[C@H](OCc4ccccc4)C4CCCC[C@]4(C)[C@@]3(OCc3ccccc3)CC[C@]12C)C(C)C. The van der Waals surface area contributed by atoms with E-state index in [1.54, 1.807) is 0 Å². The second-order valence-electron chi connectivity index (χ2n) is 18.8. The average Bonchev–Trinajstić information content (AvgIpc) is 3.56. The van der Waals surface area contributed by atoms with E-state index in [0.29, 0.717) is 43.5 Å². The highest BCUT2D eigenvalue weighted by molar-refractivity contribution is 5.32. The summed E-state index contributed by atoms with van der Waals surface area (Å²) >= 11 is 0. The van der Waals surface area contributed by atoms with Crippen molar-refractivity contribution in [3.63, 3.8) is 0 Å². The summed E-state index contributed by atoms with van der Waals surface area (Å²) < 4.78 is 22.5. The maximum Gasteiger partial charge on any atom is 0.0903 e. The van der Waals surface area contributed by atoms with Crippen molar-refractivity contribution in [2.45, 2.75) is 149 Å². The standard InChI is InChI=1S/C51H70O4/c1-7-19-41(36(2)3)32-45(52)37(4)42-27-28-43-46-48(54-34-39-22-13-9-14-23-39)47(53-33-38-20-11-8-12-21-38)44-26-17-18-29-50(44,6)51(46,31-30-49(42,43)5)55-35-40-24-15-10-16-25-40/h8-16,20-25,27,36-37,41,43-48,52H,7,17-19,26,28-35H2,1-6H3/t37?,41?,43?,44?,45?,46?,47-,48-,49-,50+,51-/m1/s1. The van der Waals surface area contributed by atoms with Gasteiger partial charge in [0, 0.05) is 17.3 Å². The summed E-state index contributed by atoms with van der Waals surface area (Å²) in [5.41, 5.74) is 4.61. The van der Waals surface area contributed by atoms with Gasteiger partial charge in [0.25, 0.3) is 0 Å². The van der Waals surface area contributed by atoms with Crippen molar-refractivity contribution in [2.24, 2.45) is 46.3 Å². The van der Waals surface area contributed by atoms with E-state index in [2.05, 4.69) is 139 Å². The number of fused-ring (bicyclic) bond motifs is 5. The Balaban J connectivity index is 1.30. The molecule has 4 heteroatoms. The highest BCUT2D eigenvalue weighted by Crippen LogP contribution is 2.71. The maximum atomic E-state index is 12.0. The number of allylic oxidation sites excluding steroid dienone is 1. The highest BCUT2D eigenvalue weighted by Gasteiger charge is 2.72. The Morgan fingerprint density at radius 3 is 1.87 bits per heavy atom. The predicted molar refractivity (Wildman–Crippen MR) is 224 cm³/mol. The van der Waals surface area contributed by atoms with Crippen LogP contribution in [0.4, 0.5) is 0 Å². The van der Waals surface area contributed by atoms with Crippen LogP contribution in [0.15, 0.2) is 103 Å². The van der Waals surface area contributed by atoms with Crippen molar-refractivity contribution in [3.8, 4) is 0 Å². The molecule has 4 aliphatic rings. The van der Waals surface area contributed by atoms with Crippen LogP contribution >= 0.6 is 0 Å². The molecule has 0 aliphatic heterocycles. The first-order valence-corrected chi connectivity index (χ1v) is 22.0. The zero-order valence-corrected chi connectivity index (χ0v) is 34.8. The molecule has 4 aliphatic carbocycles. The minimum Gasteiger partial charge on any atom is -0.393 e. The lowest BCUT2D eigenvalue weighted by atomic mass is 9.41. The van der Waals surface area contributed by atoms with E-state index < -0.39 is 0 Å². The molecule has 0 amide bonds. The molecule has 298 valence electrons. The Bertz CT molecular complexity index is 1670. The summed E-state index contributed by atoms with van der Waals surface area (Å²) in [5.74, 6) is 1.99. The number of rotatable bonds is 16. The van der Waals surface area contributed by atoms with Gasteiger partial charge >= 0.3 is 0 Å². The summed E-state index contributed by atoms with van der Waals surface area (Å²) in [6.45, 7) is 16.1. The molecule has 0 aromatic heterocycles. The number of benzene rings is 3. The largest absolute Gasteiger partial charge is 0.393 e. The molecule has 0 bridgehead atoms. The number of hydrogen-bond donors (Lipinski definition) is 1. The van der Waals surface area contributed by atoms with E-state index in [1.807, 2.05) is 0 Å². The Kier molecular flexibility index (Phi) is 12.8. The van der Waals surface area contributed by atoms with Crippen LogP contribution in [-0.4, -0.2) is 29.0 Å². The second kappa shape index (κ2) is 17.4. The molecule has 0 saturated heterocycles. The Morgan fingerprint density at radius 1 is 0.709 bits per heavy atom. The molecule has 6 unspecified atom stereocenters. The smallest absolute Gasteiger partial charge is 0.0903 e. The monoisotopic (exact) mass is 747 g/mol. The lowest BCUT2D eigenvalue weighted by Gasteiger charge is -2.69. The molecule has 0 heterocycles. The Labute approximate surface area is 333 Å². The highest BCUT2D eigenvalue weighted by atomic mass is 16.5. The minimum absolute atomic E-state index is 0.0528. The number of aliphatic hydroxyl groups excluding tert-OH is 1. The van der Waals surface area contributed by atoms with Crippen LogP contribution in [0.3, 0.4) is 0 Å². The number of aliphatic hydroxyl groups is 1. The lowest BCUT2D eigenvalue weighted by molar-refractivity contribution is -0.324. The van der Waals surface area contributed by atoms with Gasteiger partial charge in [0.1, 0.15) is 0 Å². The van der Waals surface area contributed by atoms with Gasteiger partial charge in [-0.1, -0.05) is 170 Å². The molecule has 55 heavy (non-hydrogen) atoms. The van der Waals surface area contributed by atoms with Crippen molar-refractivity contribution < 1.29 is 19.3 Å². The van der Waals surface area contributed by atoms with Crippen LogP contribution in [0.1, 0.15) is 122 Å². The van der Waals surface area contributed by atoms with Crippen LogP contribution in [0.5, 0.6) is 0 Å². The maximum absolute atomic E-state index is 12.0. The molecule has 4 nitrogen and oxygen atoms in total. The third-order valence-electron chi connectivity index (χ3n) is 15.5. The molecule has 3 saturated carbocycles. The predicted octanol–water partition coefficient (Wildman–Crippen LogP) is 12.1. The van der Waals surface area contributed by atoms with Crippen LogP contribution in [0.2, 0.25) is 0 Å². The third-order valence-corrected chi connectivity index (χ3v) is 15.5. The summed E-state index contributed by atoms with van der Waals surface area (Å²) in [5, 5.41) is 12.0. The second-order valence-corrected chi connectivity index (χ2v) is 18.8. The summed E-state index contributed by atoms with van der Waals surface area (Å²) in [6.07, 6.45) is 13.0. The fraction of sp³-hybridized carbons (Fsp3) is 0.608. The van der Waals surface area contributed by atoms with E-state index in [1.165, 1.54) is 41.5 Å². The topological polar surface area (TPSA) is 47.9 Å². The molecule has 3 aromatic carbocycles. The van der Waals surface area contributed by atoms with E-state index in [9.17, 15) is 5.11 Å². The van der Waals surface area contributed by atoms with Gasteiger partial charge in [-0.3, -0.25) is 0 Å². The zero-order chi connectivity index (χ0) is 38.6. The average molecular weight is 747 g/mol. The first kappa shape index (κ1) is 40.4. The molecule has 3 fully saturated rings. The molecule has 1 N–H and O–H groups in total. The molecular weight excluding hydrogens is 677 g/mol. The molecular formula is C51H70O4. The fourth-order valence-electron chi connectivity index (χ4n) is 12.4. The van der Waals surface area contributed by atoms with Gasteiger partial charge in [-0.15, -0.1) is 0 Å². The Morgan fingerprint density at radius 2 is 1.29 bits per heavy atom. The van der Waals surface area contributed by atoms with Crippen LogP contribution < -0.4 is 0 Å². The van der Waals surface area contributed by atoms with Crippen molar-refractivity contribution >= 4 is 0 Å². The van der Waals surface area contributed by atoms with Gasteiger partial charge in [0.15, 0.2) is 0 Å². The van der Waals surface area contributed by atoms with Gasteiger partial charge in [0.2, 0.25) is 0 Å². The van der Waals surface area contributed by atoms with Crippen LogP contribution in [0, 0.1) is 46.3 Å². The van der Waals surface area contributed by atoms with Gasteiger partial charge in [0.05, 0.1) is 43.7 Å². The van der Waals surface area contributed by atoms with E-state index in [4.69, 9.17) is 14.2 Å². The Hall–Kier alpha value is -2.76. The van der Waals surface area contributed by atoms with Gasteiger partial charge in [-0.05, 0) is 84.3 Å². The lowest BCUT2D eigenvalue weighted by Crippen LogP contribution is -2.74.